The fourth-order valence-electron chi connectivity index (χ4n) is 7.95. The number of halogens is 3. The van der Waals surface area contributed by atoms with Crippen molar-refractivity contribution in [2.75, 3.05) is 0 Å². The SMILES string of the molecule is Cc1cc(-c2ccc(-n3c4ccccc4c4cc(C)ccc43)c(-c3cc(C#N)ccc3-n3c4ccccc4c4cc(C)ccc43)c2)cc(C(F)(F)F)c1. The Balaban J connectivity index is 1.42. The van der Waals surface area contributed by atoms with E-state index in [0.29, 0.717) is 22.3 Å². The van der Waals surface area contributed by atoms with Crippen LogP contribution in [0.5, 0.6) is 0 Å². The lowest BCUT2D eigenvalue weighted by Gasteiger charge is -2.20. The van der Waals surface area contributed by atoms with Crippen LogP contribution in [-0.2, 0) is 6.18 Å². The molecule has 0 unspecified atom stereocenters. The molecule has 7 aromatic carbocycles. The van der Waals surface area contributed by atoms with E-state index in [-0.39, 0.29) is 0 Å². The van der Waals surface area contributed by atoms with Crippen LogP contribution in [0.1, 0.15) is 27.8 Å². The van der Waals surface area contributed by atoms with Gasteiger partial charge in [-0.3, -0.25) is 0 Å². The van der Waals surface area contributed by atoms with E-state index in [2.05, 4.69) is 89.7 Å². The van der Waals surface area contributed by atoms with Crippen LogP contribution in [-0.4, -0.2) is 9.13 Å². The monoisotopic (exact) mass is 695 g/mol. The summed E-state index contributed by atoms with van der Waals surface area (Å²) in [4.78, 5) is 0. The number of hydrogen-bond donors (Lipinski definition) is 0. The zero-order valence-electron chi connectivity index (χ0n) is 29.3. The van der Waals surface area contributed by atoms with Gasteiger partial charge in [-0.1, -0.05) is 71.8 Å². The Labute approximate surface area is 304 Å². The van der Waals surface area contributed by atoms with Crippen LogP contribution >= 0.6 is 0 Å². The van der Waals surface area contributed by atoms with Crippen molar-refractivity contribution in [2.24, 2.45) is 0 Å². The van der Waals surface area contributed by atoms with Gasteiger partial charge in [0.05, 0.1) is 50.6 Å². The maximum atomic E-state index is 14.1. The smallest absolute Gasteiger partial charge is 0.309 e. The van der Waals surface area contributed by atoms with Crippen molar-refractivity contribution in [3.05, 3.63) is 167 Å². The van der Waals surface area contributed by atoms with Crippen LogP contribution in [0.25, 0.3) is 77.2 Å². The minimum Gasteiger partial charge on any atom is -0.309 e. The molecule has 0 amide bonds. The quantitative estimate of drug-likeness (QED) is 0.180. The van der Waals surface area contributed by atoms with Gasteiger partial charge < -0.3 is 9.13 Å². The van der Waals surface area contributed by atoms with Gasteiger partial charge in [0, 0.05) is 32.7 Å². The molecule has 0 aliphatic rings. The highest BCUT2D eigenvalue weighted by Crippen LogP contribution is 2.43. The van der Waals surface area contributed by atoms with Crippen molar-refractivity contribution in [1.29, 1.82) is 5.26 Å². The van der Waals surface area contributed by atoms with E-state index < -0.39 is 11.7 Å². The third-order valence-corrected chi connectivity index (χ3v) is 10.3. The van der Waals surface area contributed by atoms with E-state index >= 15 is 0 Å². The molecule has 53 heavy (non-hydrogen) atoms. The highest BCUT2D eigenvalue weighted by Gasteiger charge is 2.31. The zero-order valence-corrected chi connectivity index (χ0v) is 29.3. The summed E-state index contributed by atoms with van der Waals surface area (Å²) in [5, 5.41) is 14.7. The molecule has 3 nitrogen and oxygen atoms in total. The molecular formula is C47H32F3N3. The molecule has 0 bridgehead atoms. The van der Waals surface area contributed by atoms with Crippen molar-refractivity contribution >= 4 is 43.6 Å². The molecule has 2 heterocycles. The molecule has 2 aromatic heterocycles. The van der Waals surface area contributed by atoms with Crippen molar-refractivity contribution in [1.82, 2.24) is 9.13 Å². The summed E-state index contributed by atoms with van der Waals surface area (Å²) in [5.74, 6) is 0. The summed E-state index contributed by atoms with van der Waals surface area (Å²) in [6, 6.07) is 47.5. The first-order chi connectivity index (χ1) is 25.6. The summed E-state index contributed by atoms with van der Waals surface area (Å²) in [7, 11) is 0. The Morgan fingerprint density at radius 1 is 0.472 bits per heavy atom. The fourth-order valence-corrected chi connectivity index (χ4v) is 7.95. The standard InChI is InChI=1S/C47H32F3N3/c1-28-12-16-43-37(22-28)35-8-4-6-10-41(35)52(43)45-18-14-31(27-51)24-39(45)40-26-32(33-20-30(3)21-34(25-33)47(48,49)50)15-19-46(40)53-42-11-7-5-9-36(42)38-23-29(2)13-17-44(38)53/h4-26H,1-3H3. The van der Waals surface area contributed by atoms with Gasteiger partial charge in [-0.05, 0) is 116 Å². The molecule has 0 aliphatic heterocycles. The highest BCUT2D eigenvalue weighted by atomic mass is 19.4. The Hall–Kier alpha value is -6.58. The second-order valence-electron chi connectivity index (χ2n) is 13.9. The predicted octanol–water partition coefficient (Wildman–Crippen LogP) is 13.0. The van der Waals surface area contributed by atoms with Crippen molar-refractivity contribution in [3.8, 4) is 39.7 Å². The number of nitriles is 1. The largest absolute Gasteiger partial charge is 0.416 e. The summed E-state index contributed by atoms with van der Waals surface area (Å²) in [6.07, 6.45) is -4.49. The van der Waals surface area contributed by atoms with Gasteiger partial charge in [-0.2, -0.15) is 18.4 Å². The van der Waals surface area contributed by atoms with Crippen molar-refractivity contribution in [2.45, 2.75) is 26.9 Å². The average Bonchev–Trinajstić information content (AvgIpc) is 3.65. The molecule has 9 rings (SSSR count). The molecule has 256 valence electrons. The lowest BCUT2D eigenvalue weighted by atomic mass is 9.93. The number of para-hydroxylation sites is 2. The first kappa shape index (κ1) is 32.3. The van der Waals surface area contributed by atoms with Crippen LogP contribution in [0, 0.1) is 32.1 Å². The average molecular weight is 696 g/mol. The van der Waals surface area contributed by atoms with Crippen LogP contribution < -0.4 is 0 Å². The summed E-state index contributed by atoms with van der Waals surface area (Å²) >= 11 is 0. The molecule has 0 radical (unpaired) electrons. The lowest BCUT2D eigenvalue weighted by Crippen LogP contribution is -2.05. The maximum Gasteiger partial charge on any atom is 0.416 e. The van der Waals surface area contributed by atoms with Crippen LogP contribution in [0.15, 0.2) is 140 Å². The molecule has 0 N–H and O–H groups in total. The van der Waals surface area contributed by atoms with E-state index in [1.54, 1.807) is 13.0 Å². The molecule has 0 aliphatic carbocycles. The Bertz CT molecular complexity index is 2990. The number of alkyl halides is 3. The number of aromatic nitrogens is 2. The minimum atomic E-state index is -4.49. The molecule has 6 heteroatoms. The molecule has 0 saturated heterocycles. The van der Waals surface area contributed by atoms with Gasteiger partial charge >= 0.3 is 6.18 Å². The topological polar surface area (TPSA) is 33.6 Å². The molecule has 0 spiro atoms. The number of nitrogens with zero attached hydrogens (tertiary/aromatic N) is 3. The second kappa shape index (κ2) is 12.0. The number of benzene rings is 7. The van der Waals surface area contributed by atoms with Gasteiger partial charge in [0.1, 0.15) is 0 Å². The Morgan fingerprint density at radius 2 is 1.00 bits per heavy atom. The van der Waals surface area contributed by atoms with Crippen LogP contribution in [0.2, 0.25) is 0 Å². The van der Waals surface area contributed by atoms with Crippen molar-refractivity contribution in [3.63, 3.8) is 0 Å². The molecule has 0 atom stereocenters. The third kappa shape index (κ3) is 5.27. The van der Waals surface area contributed by atoms with E-state index in [9.17, 15) is 18.4 Å². The molecular weight excluding hydrogens is 664 g/mol. The van der Waals surface area contributed by atoms with Gasteiger partial charge in [0.25, 0.3) is 0 Å². The van der Waals surface area contributed by atoms with Crippen molar-refractivity contribution < 1.29 is 13.2 Å². The van der Waals surface area contributed by atoms with E-state index in [1.165, 1.54) is 12.1 Å². The third-order valence-electron chi connectivity index (χ3n) is 10.3. The van der Waals surface area contributed by atoms with E-state index in [0.717, 1.165) is 77.2 Å². The predicted molar refractivity (Wildman–Crippen MR) is 210 cm³/mol. The minimum absolute atomic E-state index is 0.466. The van der Waals surface area contributed by atoms with Gasteiger partial charge in [0.15, 0.2) is 0 Å². The Kier molecular flexibility index (Phi) is 7.32. The zero-order chi connectivity index (χ0) is 36.6. The van der Waals surface area contributed by atoms with Crippen LogP contribution in [0.4, 0.5) is 13.2 Å². The number of rotatable bonds is 4. The first-order valence-electron chi connectivity index (χ1n) is 17.5. The number of hydrogen-bond acceptors (Lipinski definition) is 1. The first-order valence-corrected chi connectivity index (χ1v) is 17.5. The van der Waals surface area contributed by atoms with Gasteiger partial charge in [-0.25, -0.2) is 0 Å². The van der Waals surface area contributed by atoms with E-state index in [1.807, 2.05) is 60.7 Å². The Morgan fingerprint density at radius 3 is 1.57 bits per heavy atom. The highest BCUT2D eigenvalue weighted by molar-refractivity contribution is 6.11. The molecule has 0 fully saturated rings. The van der Waals surface area contributed by atoms with Crippen LogP contribution in [0.3, 0.4) is 0 Å². The number of fused-ring (bicyclic) bond motifs is 6. The fraction of sp³-hybridized carbons (Fsp3) is 0.0851. The normalized spacial score (nSPS) is 11.9. The summed E-state index contributed by atoms with van der Waals surface area (Å²) in [6.45, 7) is 5.85. The number of aryl methyl sites for hydroxylation is 3. The summed E-state index contributed by atoms with van der Waals surface area (Å²) in [5.41, 5.74) is 11.0. The summed E-state index contributed by atoms with van der Waals surface area (Å²) < 4.78 is 46.8. The molecule has 0 saturated carbocycles. The lowest BCUT2D eigenvalue weighted by molar-refractivity contribution is -0.137. The van der Waals surface area contributed by atoms with Gasteiger partial charge in [0.2, 0.25) is 0 Å². The van der Waals surface area contributed by atoms with E-state index in [4.69, 9.17) is 0 Å². The maximum absolute atomic E-state index is 14.1. The molecule has 9 aromatic rings. The second-order valence-corrected chi connectivity index (χ2v) is 13.9. The van der Waals surface area contributed by atoms with Gasteiger partial charge in [-0.15, -0.1) is 0 Å².